The first-order valence-corrected chi connectivity index (χ1v) is 13.0. The van der Waals surface area contributed by atoms with Crippen LogP contribution in [0.5, 0.6) is 0 Å². The molecule has 0 spiro atoms. The maximum absolute atomic E-state index is 13.0. The summed E-state index contributed by atoms with van der Waals surface area (Å²) < 4.78 is 28.8. The van der Waals surface area contributed by atoms with Crippen LogP contribution >= 0.6 is 0 Å². The second kappa shape index (κ2) is 9.30. The van der Waals surface area contributed by atoms with Crippen LogP contribution in [-0.2, 0) is 34.7 Å². The summed E-state index contributed by atoms with van der Waals surface area (Å²) in [6.45, 7) is 2.51. The van der Waals surface area contributed by atoms with Crippen molar-refractivity contribution in [2.24, 2.45) is 18.7 Å². The number of carbonyl (C=O) groups is 2. The van der Waals surface area contributed by atoms with E-state index in [9.17, 15) is 18.0 Å². The smallest absolute Gasteiger partial charge is 0.265 e. The van der Waals surface area contributed by atoms with E-state index >= 15 is 0 Å². The highest BCUT2D eigenvalue weighted by Crippen LogP contribution is 2.27. The van der Waals surface area contributed by atoms with Crippen LogP contribution in [0.4, 0.5) is 0 Å². The summed E-state index contributed by atoms with van der Waals surface area (Å²) in [5, 5.41) is 3.12. The lowest BCUT2D eigenvalue weighted by molar-refractivity contribution is -0.126. The Kier molecular flexibility index (Phi) is 6.63. The van der Waals surface area contributed by atoms with Gasteiger partial charge in [-0.15, -0.1) is 0 Å². The van der Waals surface area contributed by atoms with Crippen molar-refractivity contribution in [3.8, 4) is 0 Å². The third-order valence-corrected chi connectivity index (χ3v) is 8.79. The van der Waals surface area contributed by atoms with Gasteiger partial charge in [0, 0.05) is 32.3 Å². The topological polar surface area (TPSA) is 114 Å². The van der Waals surface area contributed by atoms with Gasteiger partial charge < -0.3 is 15.6 Å². The number of carbonyl (C=O) groups excluding carboxylic acids is 2. The molecule has 0 radical (unpaired) electrons. The second-order valence-electron chi connectivity index (χ2n) is 9.18. The Labute approximate surface area is 195 Å². The number of aromatic nitrogens is 1. The van der Waals surface area contributed by atoms with Crippen LogP contribution < -0.4 is 11.1 Å². The number of hydrogen-bond acceptors (Lipinski definition) is 4. The largest absolute Gasteiger partial charge is 0.364 e. The Hall–Kier alpha value is -2.65. The number of primary amides is 1. The van der Waals surface area contributed by atoms with Crippen molar-refractivity contribution >= 4 is 21.8 Å². The maximum atomic E-state index is 13.0. The molecule has 1 fully saturated rings. The fourth-order valence-electron chi connectivity index (χ4n) is 4.86. The minimum atomic E-state index is -3.75. The van der Waals surface area contributed by atoms with E-state index in [1.807, 2.05) is 6.92 Å². The van der Waals surface area contributed by atoms with Crippen LogP contribution in [0.1, 0.15) is 65.8 Å². The lowest BCUT2D eigenvalue weighted by Crippen LogP contribution is -2.43. The molecule has 0 bridgehead atoms. The third-order valence-electron chi connectivity index (χ3n) is 6.93. The van der Waals surface area contributed by atoms with E-state index in [2.05, 4.69) is 23.5 Å². The molecule has 2 heterocycles. The molecule has 0 saturated carbocycles. The molecule has 1 aromatic heterocycles. The first kappa shape index (κ1) is 23.5. The molecule has 3 N–H and O–H groups in total. The van der Waals surface area contributed by atoms with E-state index in [4.69, 9.17) is 5.73 Å². The van der Waals surface area contributed by atoms with Crippen molar-refractivity contribution in [1.29, 1.82) is 0 Å². The van der Waals surface area contributed by atoms with E-state index in [1.165, 1.54) is 45.1 Å². The Bertz CT molecular complexity index is 1160. The van der Waals surface area contributed by atoms with Crippen molar-refractivity contribution in [2.75, 3.05) is 13.1 Å². The minimum absolute atomic E-state index is 0.0343. The Balaban J connectivity index is 1.36. The van der Waals surface area contributed by atoms with E-state index in [0.717, 1.165) is 18.4 Å². The van der Waals surface area contributed by atoms with E-state index in [0.29, 0.717) is 12.8 Å². The molecule has 1 saturated heterocycles. The number of rotatable bonds is 6. The average molecular weight is 473 g/mol. The lowest BCUT2D eigenvalue weighted by atomic mass is 9.89. The molecule has 2 aromatic rings. The van der Waals surface area contributed by atoms with Gasteiger partial charge >= 0.3 is 0 Å². The predicted octanol–water partition coefficient (Wildman–Crippen LogP) is 2.28. The van der Waals surface area contributed by atoms with Crippen molar-refractivity contribution in [2.45, 2.75) is 56.4 Å². The van der Waals surface area contributed by atoms with Gasteiger partial charge in [0.25, 0.3) is 5.91 Å². The average Bonchev–Trinajstić information content (AvgIpc) is 3.21. The number of sulfonamides is 1. The van der Waals surface area contributed by atoms with Gasteiger partial charge in [-0.05, 0) is 68.2 Å². The fourth-order valence-corrected chi connectivity index (χ4v) is 6.41. The first-order valence-electron chi connectivity index (χ1n) is 11.5. The van der Waals surface area contributed by atoms with Gasteiger partial charge in [0.1, 0.15) is 10.6 Å². The summed E-state index contributed by atoms with van der Waals surface area (Å²) in [6.07, 6.45) is 6.99. The quantitative estimate of drug-likeness (QED) is 0.671. The van der Waals surface area contributed by atoms with Crippen molar-refractivity contribution in [3.05, 3.63) is 52.8 Å². The van der Waals surface area contributed by atoms with Crippen LogP contribution in [0.2, 0.25) is 0 Å². The molecular weight excluding hydrogens is 440 g/mol. The van der Waals surface area contributed by atoms with Crippen LogP contribution in [0.15, 0.2) is 35.4 Å². The molecule has 1 unspecified atom stereocenters. The summed E-state index contributed by atoms with van der Waals surface area (Å²) in [5.74, 6) is -0.941. The molecule has 178 valence electrons. The maximum Gasteiger partial charge on any atom is 0.265 e. The Morgan fingerprint density at radius 2 is 1.76 bits per heavy atom. The summed E-state index contributed by atoms with van der Waals surface area (Å²) in [5.41, 5.74) is 9.35. The molecule has 2 aliphatic rings. The number of piperidine rings is 1. The zero-order chi connectivity index (χ0) is 23.8. The van der Waals surface area contributed by atoms with Crippen LogP contribution in [0, 0.1) is 5.92 Å². The molecule has 2 amide bonds. The van der Waals surface area contributed by atoms with Crippen LogP contribution in [0.3, 0.4) is 0 Å². The van der Waals surface area contributed by atoms with Crippen LogP contribution in [-0.4, -0.2) is 42.2 Å². The SMILES string of the molecule is CC(NC(=O)C1CCN(S(=O)(=O)c2cc(C(N)=O)n(C)c2)CC1)c1ccc2c(c1)CCCC2. The number of nitrogens with two attached hydrogens (primary N) is 1. The summed E-state index contributed by atoms with van der Waals surface area (Å²) in [6, 6.07) is 7.71. The number of benzene rings is 1. The zero-order valence-electron chi connectivity index (χ0n) is 19.2. The number of hydrogen-bond donors (Lipinski definition) is 2. The molecule has 9 heteroatoms. The second-order valence-corrected chi connectivity index (χ2v) is 11.1. The fraction of sp³-hybridized carbons (Fsp3) is 0.500. The highest BCUT2D eigenvalue weighted by molar-refractivity contribution is 7.89. The molecule has 1 atom stereocenters. The molecule has 1 aliphatic heterocycles. The Morgan fingerprint density at radius 3 is 2.39 bits per heavy atom. The Morgan fingerprint density at radius 1 is 1.09 bits per heavy atom. The van der Waals surface area contributed by atoms with Crippen LogP contribution in [0.25, 0.3) is 0 Å². The third kappa shape index (κ3) is 4.84. The molecular formula is C24H32N4O4S. The monoisotopic (exact) mass is 472 g/mol. The van der Waals surface area contributed by atoms with Crippen molar-refractivity contribution < 1.29 is 18.0 Å². The molecule has 33 heavy (non-hydrogen) atoms. The normalized spacial score (nSPS) is 18.5. The first-order chi connectivity index (χ1) is 15.7. The minimum Gasteiger partial charge on any atom is -0.364 e. The molecule has 1 aliphatic carbocycles. The summed E-state index contributed by atoms with van der Waals surface area (Å²) in [4.78, 5) is 24.4. The van der Waals surface area contributed by atoms with Gasteiger partial charge in [0.2, 0.25) is 15.9 Å². The predicted molar refractivity (Wildman–Crippen MR) is 125 cm³/mol. The number of fused-ring (bicyclic) bond motifs is 1. The summed E-state index contributed by atoms with van der Waals surface area (Å²) >= 11 is 0. The molecule has 8 nitrogen and oxygen atoms in total. The number of amides is 2. The van der Waals surface area contributed by atoms with Crippen molar-refractivity contribution in [1.82, 2.24) is 14.2 Å². The van der Waals surface area contributed by atoms with Gasteiger partial charge in [-0.25, -0.2) is 8.42 Å². The van der Waals surface area contributed by atoms with E-state index in [-0.39, 0.29) is 41.5 Å². The van der Waals surface area contributed by atoms with Gasteiger partial charge in [-0.3, -0.25) is 9.59 Å². The molecule has 1 aromatic carbocycles. The van der Waals surface area contributed by atoms with Gasteiger partial charge in [0.05, 0.1) is 6.04 Å². The summed E-state index contributed by atoms with van der Waals surface area (Å²) in [7, 11) is -2.17. The molecule has 4 rings (SSSR count). The highest BCUT2D eigenvalue weighted by atomic mass is 32.2. The van der Waals surface area contributed by atoms with Gasteiger partial charge in [0.15, 0.2) is 0 Å². The lowest BCUT2D eigenvalue weighted by Gasteiger charge is -2.31. The van der Waals surface area contributed by atoms with E-state index < -0.39 is 15.9 Å². The number of aryl methyl sites for hydroxylation is 3. The van der Waals surface area contributed by atoms with Gasteiger partial charge in [-0.1, -0.05) is 18.2 Å². The van der Waals surface area contributed by atoms with Gasteiger partial charge in [-0.2, -0.15) is 4.31 Å². The number of nitrogens with one attached hydrogen (secondary N) is 1. The number of nitrogens with zero attached hydrogens (tertiary/aromatic N) is 2. The highest BCUT2D eigenvalue weighted by Gasteiger charge is 2.33. The van der Waals surface area contributed by atoms with E-state index in [1.54, 1.807) is 7.05 Å². The zero-order valence-corrected chi connectivity index (χ0v) is 20.0. The van der Waals surface area contributed by atoms with Crippen molar-refractivity contribution in [3.63, 3.8) is 0 Å². The standard InChI is InChI=1S/C24H32N4O4S/c1-16(19-8-7-17-5-3-4-6-20(17)13-19)26-24(30)18-9-11-28(12-10-18)33(31,32)21-14-22(23(25)29)27(2)15-21/h7-8,13-16,18H,3-6,9-12H2,1-2H3,(H2,25,29)(H,26,30).